The van der Waals surface area contributed by atoms with Crippen molar-refractivity contribution in [1.29, 1.82) is 0 Å². The summed E-state index contributed by atoms with van der Waals surface area (Å²) in [5.74, 6) is 0.745. The van der Waals surface area contributed by atoms with Crippen LogP contribution in [0.3, 0.4) is 0 Å². The molecule has 2 nitrogen and oxygen atoms in total. The summed E-state index contributed by atoms with van der Waals surface area (Å²) in [7, 11) is 0. The van der Waals surface area contributed by atoms with E-state index >= 15 is 0 Å². The van der Waals surface area contributed by atoms with Gasteiger partial charge in [-0.15, -0.1) is 0 Å². The molecule has 0 aromatic carbocycles. The average Bonchev–Trinajstić information content (AvgIpc) is 2.37. The van der Waals surface area contributed by atoms with Crippen molar-refractivity contribution in [2.75, 3.05) is 13.1 Å². The molecule has 0 radical (unpaired) electrons. The van der Waals surface area contributed by atoms with Crippen LogP contribution >= 0.6 is 0 Å². The molecule has 1 aliphatic heterocycles. The highest BCUT2D eigenvalue weighted by Crippen LogP contribution is 2.09. The molecular weight excluding hydrogens is 114 g/mol. The average molecular weight is 127 g/mol. The van der Waals surface area contributed by atoms with E-state index in [1.807, 2.05) is 6.92 Å². The van der Waals surface area contributed by atoms with E-state index in [4.69, 9.17) is 0 Å². The molecule has 1 fully saturated rings. The van der Waals surface area contributed by atoms with Gasteiger partial charge in [0.05, 0.1) is 0 Å². The van der Waals surface area contributed by atoms with Crippen molar-refractivity contribution in [2.24, 2.45) is 5.92 Å². The summed E-state index contributed by atoms with van der Waals surface area (Å²) in [5.41, 5.74) is 0. The Hall–Kier alpha value is -0.370. The van der Waals surface area contributed by atoms with Crippen LogP contribution < -0.4 is 5.32 Å². The zero-order valence-electron chi connectivity index (χ0n) is 5.81. The number of ketones is 1. The van der Waals surface area contributed by atoms with Crippen molar-refractivity contribution in [3.8, 4) is 0 Å². The first kappa shape index (κ1) is 6.75. The van der Waals surface area contributed by atoms with Crippen molar-refractivity contribution in [3.63, 3.8) is 0 Å². The zero-order valence-corrected chi connectivity index (χ0v) is 5.81. The first-order chi connectivity index (χ1) is 4.34. The molecular formula is C7H13NO. The lowest BCUT2D eigenvalue weighted by Gasteiger charge is -2.02. The van der Waals surface area contributed by atoms with Crippen molar-refractivity contribution >= 4 is 5.78 Å². The maximum absolute atomic E-state index is 11.0. The number of Topliss-reactive ketones (excluding diaryl/α,β-unsaturated/α-hetero) is 1. The molecule has 2 heteroatoms. The minimum absolute atomic E-state index is 0.329. The molecule has 1 N–H and O–H groups in total. The van der Waals surface area contributed by atoms with Gasteiger partial charge in [0.15, 0.2) is 0 Å². The van der Waals surface area contributed by atoms with Crippen molar-refractivity contribution in [1.82, 2.24) is 5.32 Å². The molecule has 0 aromatic rings. The highest BCUT2D eigenvalue weighted by molar-refractivity contribution is 5.81. The Morgan fingerprint density at radius 3 is 3.00 bits per heavy atom. The molecule has 0 saturated carbocycles. The van der Waals surface area contributed by atoms with Gasteiger partial charge in [-0.2, -0.15) is 0 Å². The molecule has 0 unspecified atom stereocenters. The van der Waals surface area contributed by atoms with E-state index in [-0.39, 0.29) is 0 Å². The van der Waals surface area contributed by atoms with Crippen LogP contribution in [-0.2, 0) is 4.79 Å². The molecule has 1 aliphatic rings. The van der Waals surface area contributed by atoms with Crippen molar-refractivity contribution in [2.45, 2.75) is 19.8 Å². The smallest absolute Gasteiger partial charge is 0.137 e. The maximum atomic E-state index is 11.0. The standard InChI is InChI=1S/C7H13NO/c1-2-7(9)6-3-4-8-5-6/h6,8H,2-5H2,1H3/t6-/m0/s1. The van der Waals surface area contributed by atoms with Crippen LogP contribution in [0.2, 0.25) is 0 Å². The molecule has 1 saturated heterocycles. The fourth-order valence-electron chi connectivity index (χ4n) is 1.22. The van der Waals surface area contributed by atoms with Crippen LogP contribution in [0, 0.1) is 5.92 Å². The Labute approximate surface area is 55.6 Å². The summed E-state index contributed by atoms with van der Waals surface area (Å²) in [6.07, 6.45) is 1.75. The Kier molecular flexibility index (Phi) is 2.22. The van der Waals surface area contributed by atoms with Crippen LogP contribution in [0.1, 0.15) is 19.8 Å². The number of rotatable bonds is 2. The van der Waals surface area contributed by atoms with Gasteiger partial charge in [-0.05, 0) is 13.0 Å². The van der Waals surface area contributed by atoms with E-state index in [2.05, 4.69) is 5.32 Å². The first-order valence-electron chi connectivity index (χ1n) is 3.58. The molecule has 0 aliphatic carbocycles. The van der Waals surface area contributed by atoms with E-state index in [1.165, 1.54) is 0 Å². The SMILES string of the molecule is CCC(=O)[C@H]1CCNC1. The lowest BCUT2D eigenvalue weighted by atomic mass is 10.0. The fraction of sp³-hybridized carbons (Fsp3) is 0.857. The van der Waals surface area contributed by atoms with Gasteiger partial charge in [-0.3, -0.25) is 4.79 Å². The summed E-state index contributed by atoms with van der Waals surface area (Å²) in [6.45, 7) is 3.86. The topological polar surface area (TPSA) is 29.1 Å². The van der Waals surface area contributed by atoms with Crippen LogP contribution in [0.25, 0.3) is 0 Å². The van der Waals surface area contributed by atoms with Gasteiger partial charge in [-0.25, -0.2) is 0 Å². The zero-order chi connectivity index (χ0) is 6.69. The Morgan fingerprint density at radius 1 is 1.78 bits per heavy atom. The summed E-state index contributed by atoms with van der Waals surface area (Å²) in [6, 6.07) is 0. The van der Waals surface area contributed by atoms with E-state index in [0.717, 1.165) is 19.5 Å². The minimum Gasteiger partial charge on any atom is -0.316 e. The highest BCUT2D eigenvalue weighted by atomic mass is 16.1. The highest BCUT2D eigenvalue weighted by Gasteiger charge is 2.19. The second-order valence-corrected chi connectivity index (χ2v) is 2.51. The second kappa shape index (κ2) is 2.97. The molecule has 0 aromatic heterocycles. The molecule has 1 rings (SSSR count). The third kappa shape index (κ3) is 1.52. The molecule has 1 heterocycles. The fourth-order valence-corrected chi connectivity index (χ4v) is 1.22. The Morgan fingerprint density at radius 2 is 2.56 bits per heavy atom. The lowest BCUT2D eigenvalue weighted by Crippen LogP contribution is -2.16. The van der Waals surface area contributed by atoms with E-state index in [9.17, 15) is 4.79 Å². The second-order valence-electron chi connectivity index (χ2n) is 2.51. The van der Waals surface area contributed by atoms with Crippen molar-refractivity contribution < 1.29 is 4.79 Å². The minimum atomic E-state index is 0.329. The van der Waals surface area contributed by atoms with Gasteiger partial charge >= 0.3 is 0 Å². The van der Waals surface area contributed by atoms with Gasteiger partial charge in [-0.1, -0.05) is 6.92 Å². The lowest BCUT2D eigenvalue weighted by molar-refractivity contribution is -0.121. The predicted molar refractivity (Wildman–Crippen MR) is 36.3 cm³/mol. The van der Waals surface area contributed by atoms with E-state index < -0.39 is 0 Å². The quantitative estimate of drug-likeness (QED) is 0.587. The Balaban J connectivity index is 2.32. The number of carbonyl (C=O) groups is 1. The molecule has 9 heavy (non-hydrogen) atoms. The van der Waals surface area contributed by atoms with Crippen LogP contribution in [0.4, 0.5) is 0 Å². The van der Waals surface area contributed by atoms with Gasteiger partial charge < -0.3 is 5.32 Å². The molecule has 0 bridgehead atoms. The monoisotopic (exact) mass is 127 g/mol. The van der Waals surface area contributed by atoms with Gasteiger partial charge in [0, 0.05) is 18.9 Å². The molecule has 52 valence electrons. The molecule has 1 atom stereocenters. The molecule has 0 amide bonds. The maximum Gasteiger partial charge on any atom is 0.137 e. The van der Waals surface area contributed by atoms with Gasteiger partial charge in [0.25, 0.3) is 0 Å². The van der Waals surface area contributed by atoms with Crippen LogP contribution in [-0.4, -0.2) is 18.9 Å². The number of nitrogens with one attached hydrogen (secondary N) is 1. The van der Waals surface area contributed by atoms with Gasteiger partial charge in [0.1, 0.15) is 5.78 Å². The predicted octanol–water partition coefficient (Wildman–Crippen LogP) is 0.575. The summed E-state index contributed by atoms with van der Waals surface area (Å²) >= 11 is 0. The number of hydrogen-bond acceptors (Lipinski definition) is 2. The normalized spacial score (nSPS) is 26.6. The third-order valence-electron chi connectivity index (χ3n) is 1.86. The van der Waals surface area contributed by atoms with Crippen molar-refractivity contribution in [3.05, 3.63) is 0 Å². The van der Waals surface area contributed by atoms with Crippen LogP contribution in [0.5, 0.6) is 0 Å². The summed E-state index contributed by atoms with van der Waals surface area (Å²) < 4.78 is 0. The number of hydrogen-bond donors (Lipinski definition) is 1. The number of carbonyl (C=O) groups excluding carboxylic acids is 1. The van der Waals surface area contributed by atoms with E-state index in [1.54, 1.807) is 0 Å². The van der Waals surface area contributed by atoms with Crippen LogP contribution in [0.15, 0.2) is 0 Å². The Bertz CT molecular complexity index is 105. The molecule has 0 spiro atoms. The van der Waals surface area contributed by atoms with E-state index in [0.29, 0.717) is 18.1 Å². The third-order valence-corrected chi connectivity index (χ3v) is 1.86. The van der Waals surface area contributed by atoms with Gasteiger partial charge in [0.2, 0.25) is 0 Å². The first-order valence-corrected chi connectivity index (χ1v) is 3.58. The largest absolute Gasteiger partial charge is 0.316 e. The summed E-state index contributed by atoms with van der Waals surface area (Å²) in [5, 5.41) is 3.17. The summed E-state index contributed by atoms with van der Waals surface area (Å²) in [4.78, 5) is 11.0.